The van der Waals surface area contributed by atoms with Crippen molar-refractivity contribution in [2.24, 2.45) is 0 Å². The van der Waals surface area contributed by atoms with Gasteiger partial charge in [-0.15, -0.1) is 10.2 Å². The van der Waals surface area contributed by atoms with Gasteiger partial charge in [-0.1, -0.05) is 58.3 Å². The Morgan fingerprint density at radius 2 is 1.83 bits per heavy atom. The number of urea groups is 1. The quantitative estimate of drug-likeness (QED) is 0.471. The van der Waals surface area contributed by atoms with Crippen molar-refractivity contribution < 1.29 is 27.5 Å². The fourth-order valence-corrected chi connectivity index (χ4v) is 3.53. The summed E-state index contributed by atoms with van der Waals surface area (Å²) in [6.07, 6.45) is -5.90. The van der Waals surface area contributed by atoms with Crippen LogP contribution < -0.4 is 4.90 Å². The summed E-state index contributed by atoms with van der Waals surface area (Å²) < 4.78 is 42.0. The lowest BCUT2D eigenvalue weighted by Gasteiger charge is -2.20. The van der Waals surface area contributed by atoms with Gasteiger partial charge in [0.2, 0.25) is 20.2 Å². The first kappa shape index (κ1) is 21.9. The first-order valence-electron chi connectivity index (χ1n) is 7.71. The van der Waals surface area contributed by atoms with Crippen LogP contribution in [0.15, 0.2) is 24.3 Å². The summed E-state index contributed by atoms with van der Waals surface area (Å²) in [5.74, 6) is -0.820. The average molecular weight is 490 g/mol. The van der Waals surface area contributed by atoms with Crippen molar-refractivity contribution in [2.45, 2.75) is 16.2 Å². The van der Waals surface area contributed by atoms with Gasteiger partial charge in [-0.05, 0) is 12.1 Å². The molecule has 1 aliphatic heterocycles. The molecule has 7 nitrogen and oxygen atoms in total. The highest BCUT2D eigenvalue weighted by Crippen LogP contribution is 2.38. The molecule has 1 aliphatic rings. The van der Waals surface area contributed by atoms with E-state index in [1.807, 2.05) is 0 Å². The summed E-state index contributed by atoms with van der Waals surface area (Å²) in [5, 5.41) is 4.90. The van der Waals surface area contributed by atoms with Crippen molar-refractivity contribution in [3.05, 3.63) is 40.4 Å². The minimum Gasteiger partial charge on any atom is -0.435 e. The molecule has 1 atom stereocenters. The number of rotatable bonds is 3. The van der Waals surface area contributed by atoms with E-state index in [4.69, 9.17) is 39.5 Å². The molecule has 0 bridgehead atoms. The van der Waals surface area contributed by atoms with Crippen LogP contribution in [0.25, 0.3) is 0 Å². The van der Waals surface area contributed by atoms with Gasteiger partial charge in [-0.3, -0.25) is 0 Å². The second-order valence-electron chi connectivity index (χ2n) is 5.86. The van der Waals surface area contributed by atoms with Crippen molar-refractivity contribution in [3.8, 4) is 0 Å². The minimum absolute atomic E-state index is 0.0717. The molecule has 1 aromatic carbocycles. The second kappa shape index (κ2) is 7.78. The summed E-state index contributed by atoms with van der Waals surface area (Å²) in [7, 11) is 1.41. The maximum absolute atomic E-state index is 12.8. The average Bonchev–Trinajstić information content (AvgIpc) is 3.20. The number of alkyl halides is 6. The molecule has 0 saturated carbocycles. The van der Waals surface area contributed by atoms with E-state index >= 15 is 0 Å². The number of benzene rings is 1. The Morgan fingerprint density at radius 3 is 2.34 bits per heavy atom. The third kappa shape index (κ3) is 4.68. The number of hydrogen-bond acceptors (Lipinski definition) is 6. The Morgan fingerprint density at radius 1 is 1.21 bits per heavy atom. The number of carbonyl (C=O) groups excluding carboxylic acids is 2. The highest BCUT2D eigenvalue weighted by Gasteiger charge is 2.43. The van der Waals surface area contributed by atoms with E-state index in [1.165, 1.54) is 36.2 Å². The maximum atomic E-state index is 12.8. The molecule has 0 aliphatic carbocycles. The van der Waals surface area contributed by atoms with Crippen LogP contribution in [0.4, 0.5) is 23.1 Å². The zero-order valence-corrected chi connectivity index (χ0v) is 17.4. The third-order valence-corrected chi connectivity index (χ3v) is 5.43. The van der Waals surface area contributed by atoms with E-state index in [9.17, 15) is 22.8 Å². The van der Waals surface area contributed by atoms with Gasteiger partial charge in [0, 0.05) is 12.6 Å². The number of halogens is 6. The first-order valence-corrected chi connectivity index (χ1v) is 9.66. The maximum Gasteiger partial charge on any atom is 0.445 e. The molecule has 0 N–H and O–H groups in total. The molecule has 2 aromatic rings. The summed E-state index contributed by atoms with van der Waals surface area (Å²) in [5.41, 5.74) is 0.420. The SMILES string of the molecule is CN1CC(OC(=O)c2ccc(C(Cl)(Cl)Cl)cc2)N(c2nnc(C(F)(F)F)s2)C1=O. The zero-order valence-electron chi connectivity index (χ0n) is 14.3. The lowest BCUT2D eigenvalue weighted by atomic mass is 10.1. The Kier molecular flexibility index (Phi) is 5.87. The van der Waals surface area contributed by atoms with E-state index in [-0.39, 0.29) is 28.6 Å². The number of likely N-dealkylation sites (N-methyl/N-ethyl adjacent to an activating group) is 1. The van der Waals surface area contributed by atoms with Crippen LogP contribution in [0.2, 0.25) is 0 Å². The molecule has 2 heterocycles. The monoisotopic (exact) mass is 488 g/mol. The van der Waals surface area contributed by atoms with E-state index in [1.54, 1.807) is 0 Å². The van der Waals surface area contributed by atoms with Gasteiger partial charge in [0.25, 0.3) is 0 Å². The predicted molar refractivity (Wildman–Crippen MR) is 100 cm³/mol. The number of anilines is 1. The topological polar surface area (TPSA) is 75.6 Å². The fourth-order valence-electron chi connectivity index (χ4n) is 2.41. The molecule has 2 amide bonds. The molecule has 29 heavy (non-hydrogen) atoms. The number of carbonyl (C=O) groups is 2. The second-order valence-corrected chi connectivity index (χ2v) is 9.09. The normalized spacial score (nSPS) is 17.8. The molecular formula is C15H10Cl3F3N4O3S. The molecule has 156 valence electrons. The van der Waals surface area contributed by atoms with Crippen LogP contribution in [0.3, 0.4) is 0 Å². The molecule has 0 spiro atoms. The first-order chi connectivity index (χ1) is 13.4. The van der Waals surface area contributed by atoms with Gasteiger partial charge in [0.05, 0.1) is 12.1 Å². The molecule has 14 heteroatoms. The number of nitrogens with zero attached hydrogens (tertiary/aromatic N) is 4. The predicted octanol–water partition coefficient (Wildman–Crippen LogP) is 4.44. The van der Waals surface area contributed by atoms with Crippen LogP contribution in [0.5, 0.6) is 0 Å². The van der Waals surface area contributed by atoms with Crippen LogP contribution in [0, 0.1) is 0 Å². The van der Waals surface area contributed by atoms with Gasteiger partial charge in [0.1, 0.15) is 0 Å². The van der Waals surface area contributed by atoms with E-state index in [0.29, 0.717) is 5.56 Å². The van der Waals surface area contributed by atoms with Gasteiger partial charge in [-0.25, -0.2) is 14.5 Å². The van der Waals surface area contributed by atoms with Gasteiger partial charge >= 0.3 is 18.2 Å². The molecular weight excluding hydrogens is 480 g/mol. The van der Waals surface area contributed by atoms with Crippen molar-refractivity contribution in [3.63, 3.8) is 0 Å². The highest BCUT2D eigenvalue weighted by atomic mass is 35.6. The number of ether oxygens (including phenoxy) is 1. The molecule has 1 fully saturated rings. The van der Waals surface area contributed by atoms with Crippen LogP contribution in [-0.2, 0) is 14.7 Å². The molecule has 3 rings (SSSR count). The van der Waals surface area contributed by atoms with Gasteiger partial charge < -0.3 is 9.64 Å². The Balaban J connectivity index is 1.80. The number of esters is 1. The molecule has 1 aromatic heterocycles. The standard InChI is InChI=1S/C15H10Cl3F3N4O3S/c1-24-6-9(25(13(24)27)12-23-22-11(29-12)15(19,20)21)28-10(26)7-2-4-8(5-3-7)14(16,17)18/h2-5,9H,6H2,1H3. The Hall–Kier alpha value is -1.82. The van der Waals surface area contributed by atoms with Gasteiger partial charge in [0.15, 0.2) is 0 Å². The Bertz CT molecular complexity index is 933. The fraction of sp³-hybridized carbons (Fsp3) is 0.333. The smallest absolute Gasteiger partial charge is 0.435 e. The van der Waals surface area contributed by atoms with Crippen LogP contribution in [0.1, 0.15) is 20.9 Å². The summed E-state index contributed by atoms with van der Waals surface area (Å²) in [6.45, 7) is -0.0717. The Labute approximate surface area is 180 Å². The number of amides is 2. The highest BCUT2D eigenvalue weighted by molar-refractivity contribution is 7.15. The van der Waals surface area contributed by atoms with E-state index in [0.717, 1.165) is 4.90 Å². The molecule has 0 radical (unpaired) electrons. The molecule has 1 unspecified atom stereocenters. The van der Waals surface area contributed by atoms with E-state index < -0.39 is 33.2 Å². The van der Waals surface area contributed by atoms with Crippen molar-refractivity contribution in [1.82, 2.24) is 15.1 Å². The van der Waals surface area contributed by atoms with Crippen molar-refractivity contribution in [1.29, 1.82) is 0 Å². The summed E-state index contributed by atoms with van der Waals surface area (Å²) in [6, 6.07) is 4.86. The van der Waals surface area contributed by atoms with Gasteiger partial charge in [-0.2, -0.15) is 13.2 Å². The van der Waals surface area contributed by atoms with Crippen molar-refractivity contribution in [2.75, 3.05) is 18.5 Å². The minimum atomic E-state index is -4.71. The van der Waals surface area contributed by atoms with Crippen LogP contribution in [-0.4, -0.2) is 46.9 Å². The summed E-state index contributed by atoms with van der Waals surface area (Å²) >= 11 is 17.4. The lowest BCUT2D eigenvalue weighted by molar-refractivity contribution is -0.138. The third-order valence-electron chi connectivity index (χ3n) is 3.80. The number of aromatic nitrogens is 2. The summed E-state index contributed by atoms with van der Waals surface area (Å²) in [4.78, 5) is 26.8. The molecule has 1 saturated heterocycles. The lowest BCUT2D eigenvalue weighted by Crippen LogP contribution is -2.37. The van der Waals surface area contributed by atoms with E-state index in [2.05, 4.69) is 10.2 Å². The zero-order chi connectivity index (χ0) is 21.6. The van der Waals surface area contributed by atoms with Crippen molar-refractivity contribution >= 4 is 63.3 Å². The number of hydrogen-bond donors (Lipinski definition) is 0. The van der Waals surface area contributed by atoms with Crippen LogP contribution >= 0.6 is 46.1 Å². The largest absolute Gasteiger partial charge is 0.445 e.